The first-order valence-electron chi connectivity index (χ1n) is 6.11. The van der Waals surface area contributed by atoms with E-state index in [1.807, 2.05) is 12.1 Å². The van der Waals surface area contributed by atoms with Crippen molar-refractivity contribution in [3.63, 3.8) is 0 Å². The van der Waals surface area contributed by atoms with Gasteiger partial charge in [0.05, 0.1) is 5.69 Å². The van der Waals surface area contributed by atoms with Crippen LogP contribution in [0.1, 0.15) is 31.7 Å². The molecule has 1 fully saturated rings. The van der Waals surface area contributed by atoms with Gasteiger partial charge in [0.25, 0.3) is 0 Å². The fourth-order valence-corrected chi connectivity index (χ4v) is 2.48. The third kappa shape index (κ3) is 2.84. The number of nitrogens with two attached hydrogens (primary N) is 1. The van der Waals surface area contributed by atoms with Crippen molar-refractivity contribution in [2.24, 2.45) is 0 Å². The van der Waals surface area contributed by atoms with Crippen LogP contribution >= 0.6 is 15.9 Å². The summed E-state index contributed by atoms with van der Waals surface area (Å²) in [6.45, 7) is 2.54. The molecule has 5 heteroatoms. The van der Waals surface area contributed by atoms with Crippen LogP contribution in [0.2, 0.25) is 0 Å². The third-order valence-electron chi connectivity index (χ3n) is 3.06. The molecule has 1 saturated heterocycles. The molecule has 1 atom stereocenters. The number of benzene rings is 1. The molecule has 1 heterocycles. The molecule has 0 saturated carbocycles. The molecule has 98 valence electrons. The van der Waals surface area contributed by atoms with Crippen LogP contribution in [-0.4, -0.2) is 18.5 Å². The minimum Gasteiger partial charge on any atom is -0.397 e. The van der Waals surface area contributed by atoms with E-state index >= 15 is 0 Å². The first-order valence-corrected chi connectivity index (χ1v) is 6.90. The van der Waals surface area contributed by atoms with Gasteiger partial charge in [-0.25, -0.2) is 0 Å². The van der Waals surface area contributed by atoms with Gasteiger partial charge in [0.2, 0.25) is 0 Å². The van der Waals surface area contributed by atoms with Crippen LogP contribution in [0, 0.1) is 5.41 Å². The van der Waals surface area contributed by atoms with Crippen molar-refractivity contribution in [2.45, 2.75) is 32.4 Å². The molecule has 0 radical (unpaired) electrons. The standard InChI is InChI=1S/C13H18BrN3O/c1-8(15)12-10(6-5-9(14)13(12)16)17-11-4-2-3-7-18-11/h5-6,11,15,17H,2-4,7,16H2,1H3. The zero-order valence-corrected chi connectivity index (χ0v) is 12.0. The molecule has 0 spiro atoms. The summed E-state index contributed by atoms with van der Waals surface area (Å²) in [4.78, 5) is 0. The van der Waals surface area contributed by atoms with Gasteiger partial charge >= 0.3 is 0 Å². The second-order valence-corrected chi connectivity index (χ2v) is 5.36. The molecule has 0 bridgehead atoms. The highest BCUT2D eigenvalue weighted by molar-refractivity contribution is 9.10. The highest BCUT2D eigenvalue weighted by atomic mass is 79.9. The SMILES string of the molecule is CC(=N)c1c(NC2CCCCO2)ccc(Br)c1N. The van der Waals surface area contributed by atoms with E-state index in [0.29, 0.717) is 11.4 Å². The Morgan fingerprint density at radius 3 is 2.89 bits per heavy atom. The van der Waals surface area contributed by atoms with Gasteiger partial charge in [0.15, 0.2) is 0 Å². The fraction of sp³-hybridized carbons (Fsp3) is 0.462. The summed E-state index contributed by atoms with van der Waals surface area (Å²) < 4.78 is 6.47. The molecule has 1 unspecified atom stereocenters. The Balaban J connectivity index is 2.26. The minimum absolute atomic E-state index is 0.0254. The van der Waals surface area contributed by atoms with Crippen molar-refractivity contribution in [1.82, 2.24) is 0 Å². The Labute approximate surface area is 116 Å². The number of rotatable bonds is 3. The van der Waals surface area contributed by atoms with Crippen LogP contribution in [0.5, 0.6) is 0 Å². The molecule has 1 aromatic rings. The van der Waals surface area contributed by atoms with Gasteiger partial charge in [-0.05, 0) is 54.2 Å². The van der Waals surface area contributed by atoms with Crippen LogP contribution in [-0.2, 0) is 4.74 Å². The maximum Gasteiger partial charge on any atom is 0.127 e. The Kier molecular flexibility index (Phi) is 4.24. The predicted molar refractivity (Wildman–Crippen MR) is 78.3 cm³/mol. The monoisotopic (exact) mass is 311 g/mol. The molecule has 0 aliphatic carbocycles. The Morgan fingerprint density at radius 2 is 2.28 bits per heavy atom. The van der Waals surface area contributed by atoms with Crippen molar-refractivity contribution >= 4 is 33.0 Å². The first kappa shape index (κ1) is 13.4. The summed E-state index contributed by atoms with van der Waals surface area (Å²) in [5.41, 5.74) is 8.69. The molecule has 2 rings (SSSR count). The summed E-state index contributed by atoms with van der Waals surface area (Å²) >= 11 is 3.39. The largest absolute Gasteiger partial charge is 0.397 e. The first-order chi connectivity index (χ1) is 8.59. The summed E-state index contributed by atoms with van der Waals surface area (Å²) in [7, 11) is 0. The van der Waals surface area contributed by atoms with Crippen molar-refractivity contribution in [2.75, 3.05) is 17.7 Å². The second-order valence-electron chi connectivity index (χ2n) is 4.51. The van der Waals surface area contributed by atoms with Gasteiger partial charge in [0.1, 0.15) is 6.23 Å². The molecule has 18 heavy (non-hydrogen) atoms. The number of nitrogen functional groups attached to an aromatic ring is 1. The molecule has 0 aromatic heterocycles. The van der Waals surface area contributed by atoms with Crippen molar-refractivity contribution < 1.29 is 4.74 Å². The average molecular weight is 312 g/mol. The molecule has 4 nitrogen and oxygen atoms in total. The molecule has 4 N–H and O–H groups in total. The van der Waals surface area contributed by atoms with E-state index in [0.717, 1.165) is 35.2 Å². The van der Waals surface area contributed by atoms with E-state index in [2.05, 4.69) is 21.2 Å². The Morgan fingerprint density at radius 1 is 1.50 bits per heavy atom. The van der Waals surface area contributed by atoms with E-state index in [1.54, 1.807) is 6.92 Å². The number of anilines is 2. The van der Waals surface area contributed by atoms with Gasteiger partial charge in [-0.2, -0.15) is 0 Å². The van der Waals surface area contributed by atoms with Crippen LogP contribution in [0.25, 0.3) is 0 Å². The topological polar surface area (TPSA) is 71.1 Å². The van der Waals surface area contributed by atoms with E-state index in [9.17, 15) is 0 Å². The van der Waals surface area contributed by atoms with Gasteiger partial charge in [-0.1, -0.05) is 0 Å². The van der Waals surface area contributed by atoms with Crippen LogP contribution in [0.3, 0.4) is 0 Å². The van der Waals surface area contributed by atoms with Crippen molar-refractivity contribution in [3.8, 4) is 0 Å². The van der Waals surface area contributed by atoms with Crippen LogP contribution < -0.4 is 11.1 Å². The summed E-state index contributed by atoms with van der Waals surface area (Å²) in [5, 5.41) is 11.2. The quantitative estimate of drug-likeness (QED) is 0.592. The second kappa shape index (κ2) is 5.71. The summed E-state index contributed by atoms with van der Waals surface area (Å²) in [6, 6.07) is 3.83. The maximum atomic E-state index is 7.85. The number of halogens is 1. The van der Waals surface area contributed by atoms with Crippen molar-refractivity contribution in [1.29, 1.82) is 5.41 Å². The highest BCUT2D eigenvalue weighted by Gasteiger charge is 2.17. The van der Waals surface area contributed by atoms with Gasteiger partial charge < -0.3 is 21.2 Å². The highest BCUT2D eigenvalue weighted by Crippen LogP contribution is 2.31. The number of hydrogen-bond donors (Lipinski definition) is 3. The molecule has 0 amide bonds. The number of ether oxygens (including phenoxy) is 1. The number of hydrogen-bond acceptors (Lipinski definition) is 4. The zero-order valence-electron chi connectivity index (χ0n) is 10.4. The molecular weight excluding hydrogens is 294 g/mol. The van der Waals surface area contributed by atoms with E-state index in [-0.39, 0.29) is 6.23 Å². The fourth-order valence-electron chi connectivity index (χ4n) is 2.15. The lowest BCUT2D eigenvalue weighted by Crippen LogP contribution is -2.28. The maximum absolute atomic E-state index is 7.85. The lowest BCUT2D eigenvalue weighted by atomic mass is 10.1. The Hall–Kier alpha value is -1.07. The molecule has 1 aromatic carbocycles. The van der Waals surface area contributed by atoms with E-state index in [4.69, 9.17) is 15.9 Å². The van der Waals surface area contributed by atoms with Crippen LogP contribution in [0.4, 0.5) is 11.4 Å². The molecular formula is C13H18BrN3O. The predicted octanol–water partition coefficient (Wildman–Crippen LogP) is 3.36. The minimum atomic E-state index is 0.0254. The number of nitrogens with one attached hydrogen (secondary N) is 2. The molecule has 1 aliphatic rings. The lowest BCUT2D eigenvalue weighted by Gasteiger charge is -2.26. The third-order valence-corrected chi connectivity index (χ3v) is 3.75. The molecule has 1 aliphatic heterocycles. The van der Waals surface area contributed by atoms with Crippen molar-refractivity contribution in [3.05, 3.63) is 22.2 Å². The van der Waals surface area contributed by atoms with E-state index in [1.165, 1.54) is 6.42 Å². The lowest BCUT2D eigenvalue weighted by molar-refractivity contribution is 0.0343. The van der Waals surface area contributed by atoms with E-state index < -0.39 is 0 Å². The average Bonchev–Trinajstić information content (AvgIpc) is 2.35. The van der Waals surface area contributed by atoms with Gasteiger partial charge in [0, 0.05) is 28.0 Å². The van der Waals surface area contributed by atoms with Crippen LogP contribution in [0.15, 0.2) is 16.6 Å². The smallest absolute Gasteiger partial charge is 0.127 e. The zero-order chi connectivity index (χ0) is 13.1. The summed E-state index contributed by atoms with van der Waals surface area (Å²) in [6.07, 6.45) is 3.31. The Bertz CT molecular complexity index is 456. The normalized spacial score (nSPS) is 19.6. The van der Waals surface area contributed by atoms with Gasteiger partial charge in [-0.15, -0.1) is 0 Å². The summed E-state index contributed by atoms with van der Waals surface area (Å²) in [5.74, 6) is 0. The van der Waals surface area contributed by atoms with Gasteiger partial charge in [-0.3, -0.25) is 0 Å².